The van der Waals surface area contributed by atoms with Crippen molar-refractivity contribution in [3.63, 3.8) is 0 Å². The van der Waals surface area contributed by atoms with Crippen LogP contribution in [0.2, 0.25) is 0 Å². The predicted octanol–water partition coefficient (Wildman–Crippen LogP) is 2.87. The Morgan fingerprint density at radius 2 is 2.22 bits per heavy atom. The number of hydrogen-bond acceptors (Lipinski definition) is 4. The number of fused-ring (bicyclic) bond motifs is 2. The molecular formula is C17H17FN4O. The largest absolute Gasteiger partial charge is 0.493 e. The lowest BCUT2D eigenvalue weighted by molar-refractivity contribution is 0.313. The minimum Gasteiger partial charge on any atom is -0.493 e. The van der Waals surface area contributed by atoms with Crippen LogP contribution < -0.4 is 10.1 Å². The highest BCUT2D eigenvalue weighted by atomic mass is 19.1. The highest BCUT2D eigenvalue weighted by Gasteiger charge is 2.20. The molecule has 3 heterocycles. The zero-order valence-electron chi connectivity index (χ0n) is 12.6. The number of rotatable bonds is 3. The van der Waals surface area contributed by atoms with E-state index in [0.717, 1.165) is 29.9 Å². The summed E-state index contributed by atoms with van der Waals surface area (Å²) in [5.41, 5.74) is 1.83. The molecule has 1 aliphatic rings. The van der Waals surface area contributed by atoms with Crippen LogP contribution in [0.25, 0.3) is 5.65 Å². The van der Waals surface area contributed by atoms with Gasteiger partial charge in [0.05, 0.1) is 13.2 Å². The van der Waals surface area contributed by atoms with Crippen molar-refractivity contribution in [2.45, 2.75) is 25.4 Å². The molecular weight excluding hydrogens is 295 g/mol. The molecule has 5 nitrogen and oxygen atoms in total. The van der Waals surface area contributed by atoms with E-state index in [1.54, 1.807) is 6.07 Å². The summed E-state index contributed by atoms with van der Waals surface area (Å²) in [6.07, 6.45) is 3.82. The summed E-state index contributed by atoms with van der Waals surface area (Å²) in [5, 5.41) is 11.9. The predicted molar refractivity (Wildman–Crippen MR) is 83.7 cm³/mol. The summed E-state index contributed by atoms with van der Waals surface area (Å²) in [7, 11) is 0. The van der Waals surface area contributed by atoms with Crippen molar-refractivity contribution in [3.05, 3.63) is 59.8 Å². The van der Waals surface area contributed by atoms with Gasteiger partial charge in [-0.3, -0.25) is 4.40 Å². The maximum atomic E-state index is 13.4. The van der Waals surface area contributed by atoms with E-state index in [1.807, 2.05) is 28.8 Å². The lowest BCUT2D eigenvalue weighted by atomic mass is 10.0. The Balaban J connectivity index is 1.57. The smallest absolute Gasteiger partial charge is 0.160 e. The topological polar surface area (TPSA) is 51.5 Å². The molecule has 0 fully saturated rings. The zero-order valence-corrected chi connectivity index (χ0v) is 12.6. The van der Waals surface area contributed by atoms with E-state index in [9.17, 15) is 4.39 Å². The number of halogens is 1. The quantitative estimate of drug-likeness (QED) is 0.808. The third kappa shape index (κ3) is 2.77. The van der Waals surface area contributed by atoms with Crippen molar-refractivity contribution in [1.82, 2.24) is 19.9 Å². The van der Waals surface area contributed by atoms with E-state index in [1.165, 1.54) is 12.1 Å². The third-order valence-corrected chi connectivity index (χ3v) is 4.14. The summed E-state index contributed by atoms with van der Waals surface area (Å²) < 4.78 is 21.0. The highest BCUT2D eigenvalue weighted by Crippen LogP contribution is 2.32. The second-order valence-corrected chi connectivity index (χ2v) is 5.65. The molecule has 0 saturated heterocycles. The van der Waals surface area contributed by atoms with Crippen molar-refractivity contribution in [1.29, 1.82) is 0 Å². The van der Waals surface area contributed by atoms with Crippen LogP contribution in [-0.2, 0) is 6.54 Å². The van der Waals surface area contributed by atoms with Gasteiger partial charge in [0.15, 0.2) is 11.5 Å². The maximum Gasteiger partial charge on any atom is 0.160 e. The molecule has 1 atom stereocenters. The molecule has 1 aromatic carbocycles. The lowest BCUT2D eigenvalue weighted by Gasteiger charge is -2.18. The Labute approximate surface area is 133 Å². The zero-order chi connectivity index (χ0) is 15.6. The maximum absolute atomic E-state index is 13.4. The lowest BCUT2D eigenvalue weighted by Crippen LogP contribution is -2.22. The second-order valence-electron chi connectivity index (χ2n) is 5.65. The van der Waals surface area contributed by atoms with Gasteiger partial charge in [0.25, 0.3) is 0 Å². The van der Waals surface area contributed by atoms with Crippen LogP contribution in [0.15, 0.2) is 42.6 Å². The summed E-state index contributed by atoms with van der Waals surface area (Å²) in [6.45, 7) is 1.20. The number of hydrogen-bond donors (Lipinski definition) is 1. The Kier molecular flexibility index (Phi) is 3.67. The van der Waals surface area contributed by atoms with E-state index in [4.69, 9.17) is 4.74 Å². The van der Waals surface area contributed by atoms with Crippen LogP contribution in [0, 0.1) is 5.82 Å². The van der Waals surface area contributed by atoms with Crippen molar-refractivity contribution in [2.24, 2.45) is 0 Å². The summed E-state index contributed by atoms with van der Waals surface area (Å²) in [4.78, 5) is 0. The van der Waals surface area contributed by atoms with Gasteiger partial charge < -0.3 is 10.1 Å². The molecule has 0 bridgehead atoms. The molecule has 0 unspecified atom stereocenters. The molecule has 6 heteroatoms. The Hall–Kier alpha value is -2.47. The standard InChI is InChI=1S/C17H17FN4O/c18-12-6-7-13-14(4-3-9-23-15(13)10-12)19-11-17-21-20-16-5-1-2-8-22(16)17/h1-2,5-8,10,14,19H,3-4,9,11H2/t14-/m0/s1. The van der Waals surface area contributed by atoms with Crippen LogP contribution >= 0.6 is 0 Å². The fourth-order valence-electron chi connectivity index (χ4n) is 2.98. The Morgan fingerprint density at radius 3 is 3.17 bits per heavy atom. The van der Waals surface area contributed by atoms with Crippen molar-refractivity contribution in [3.8, 4) is 5.75 Å². The summed E-state index contributed by atoms with van der Waals surface area (Å²) in [6, 6.07) is 10.7. The van der Waals surface area contributed by atoms with Crippen LogP contribution in [0.5, 0.6) is 5.75 Å². The van der Waals surface area contributed by atoms with E-state index in [-0.39, 0.29) is 11.9 Å². The van der Waals surface area contributed by atoms with Crippen molar-refractivity contribution in [2.75, 3.05) is 6.61 Å². The summed E-state index contributed by atoms with van der Waals surface area (Å²) >= 11 is 0. The van der Waals surface area contributed by atoms with Gasteiger partial charge in [0.2, 0.25) is 0 Å². The van der Waals surface area contributed by atoms with Gasteiger partial charge in [-0.1, -0.05) is 12.1 Å². The molecule has 23 heavy (non-hydrogen) atoms. The highest BCUT2D eigenvalue weighted by molar-refractivity contribution is 5.38. The van der Waals surface area contributed by atoms with Gasteiger partial charge >= 0.3 is 0 Å². The van der Waals surface area contributed by atoms with Gasteiger partial charge in [-0.2, -0.15) is 0 Å². The third-order valence-electron chi connectivity index (χ3n) is 4.14. The number of benzene rings is 1. The fourth-order valence-corrected chi connectivity index (χ4v) is 2.98. The van der Waals surface area contributed by atoms with Gasteiger partial charge in [-0.15, -0.1) is 10.2 Å². The minimum atomic E-state index is -0.271. The number of aromatic nitrogens is 3. The van der Waals surface area contributed by atoms with Crippen molar-refractivity contribution < 1.29 is 9.13 Å². The first-order valence-corrected chi connectivity index (χ1v) is 7.75. The molecule has 0 aliphatic carbocycles. The van der Waals surface area contributed by atoms with Gasteiger partial charge in [0.1, 0.15) is 11.6 Å². The van der Waals surface area contributed by atoms with Gasteiger partial charge in [-0.05, 0) is 31.0 Å². The summed E-state index contributed by atoms with van der Waals surface area (Å²) in [5.74, 6) is 1.22. The average Bonchev–Trinajstić information content (AvgIpc) is 2.87. The first-order valence-electron chi connectivity index (χ1n) is 7.75. The Bertz CT molecular complexity index is 832. The second kappa shape index (κ2) is 5.96. The molecule has 0 spiro atoms. The molecule has 0 amide bonds. The number of ether oxygens (including phenoxy) is 1. The van der Waals surface area contributed by atoms with E-state index >= 15 is 0 Å². The van der Waals surface area contributed by atoms with Crippen LogP contribution in [0.3, 0.4) is 0 Å². The van der Waals surface area contributed by atoms with E-state index in [0.29, 0.717) is 18.9 Å². The first-order chi connectivity index (χ1) is 11.3. The first kappa shape index (κ1) is 14.1. The van der Waals surface area contributed by atoms with Crippen LogP contribution in [0.4, 0.5) is 4.39 Å². The normalized spacial score (nSPS) is 17.5. The van der Waals surface area contributed by atoms with Gasteiger partial charge in [-0.25, -0.2) is 4.39 Å². The monoisotopic (exact) mass is 312 g/mol. The number of nitrogens with zero attached hydrogens (tertiary/aromatic N) is 3. The molecule has 0 radical (unpaired) electrons. The molecule has 2 aromatic heterocycles. The molecule has 4 rings (SSSR count). The average molecular weight is 312 g/mol. The molecule has 0 saturated carbocycles. The van der Waals surface area contributed by atoms with Crippen LogP contribution in [0.1, 0.15) is 30.3 Å². The SMILES string of the molecule is Fc1ccc2c(c1)OCCC[C@@H]2NCc1nnc2ccccn12. The van der Waals surface area contributed by atoms with Crippen molar-refractivity contribution >= 4 is 5.65 Å². The fraction of sp³-hybridized carbons (Fsp3) is 0.294. The van der Waals surface area contributed by atoms with E-state index < -0.39 is 0 Å². The minimum absolute atomic E-state index is 0.115. The molecule has 1 N–H and O–H groups in total. The molecule has 1 aliphatic heterocycles. The van der Waals surface area contributed by atoms with E-state index in [2.05, 4.69) is 15.5 Å². The van der Waals surface area contributed by atoms with Crippen LogP contribution in [-0.4, -0.2) is 21.2 Å². The number of pyridine rings is 1. The number of nitrogens with one attached hydrogen (secondary N) is 1. The molecule has 3 aromatic rings. The molecule has 118 valence electrons. The van der Waals surface area contributed by atoms with Gasteiger partial charge in [0, 0.05) is 23.9 Å². The Morgan fingerprint density at radius 1 is 1.26 bits per heavy atom.